The van der Waals surface area contributed by atoms with E-state index in [1.165, 1.54) is 19.4 Å². The van der Waals surface area contributed by atoms with Gasteiger partial charge in [-0.15, -0.1) is 5.10 Å². The number of rotatable bonds is 4. The number of carbonyl (C=O) groups excluding carboxylic acids is 1. The standard InChI is InChI=1S/C19H15FN4O3/c1-24-10-16(22-23-24)11-3-5-12(6-4-11)17(20)13-9-15(19(25)26-2)21-14-7-8-27-18(13)14/h3-10,17H,1-2H3. The van der Waals surface area contributed by atoms with Crippen LogP contribution in [0.2, 0.25) is 0 Å². The van der Waals surface area contributed by atoms with E-state index in [1.807, 2.05) is 0 Å². The molecule has 0 aliphatic heterocycles. The summed E-state index contributed by atoms with van der Waals surface area (Å²) in [6.45, 7) is 0. The van der Waals surface area contributed by atoms with Crippen molar-refractivity contribution in [1.82, 2.24) is 20.0 Å². The van der Waals surface area contributed by atoms with Crippen molar-refractivity contribution in [2.45, 2.75) is 6.17 Å². The van der Waals surface area contributed by atoms with Gasteiger partial charge in [0, 0.05) is 24.2 Å². The molecule has 0 saturated heterocycles. The molecular formula is C19H15FN4O3. The van der Waals surface area contributed by atoms with Crippen LogP contribution in [0.15, 0.2) is 53.3 Å². The number of benzene rings is 1. The number of aryl methyl sites for hydroxylation is 1. The predicted octanol–water partition coefficient (Wildman–Crippen LogP) is 3.47. The van der Waals surface area contributed by atoms with Gasteiger partial charge in [0.05, 0.1) is 19.6 Å². The van der Waals surface area contributed by atoms with Gasteiger partial charge in [0.15, 0.2) is 11.8 Å². The Bertz CT molecular complexity index is 1120. The number of furan rings is 1. The Morgan fingerprint density at radius 2 is 2.04 bits per heavy atom. The van der Waals surface area contributed by atoms with Crippen LogP contribution < -0.4 is 0 Å². The molecule has 8 heteroatoms. The first-order valence-corrected chi connectivity index (χ1v) is 8.14. The van der Waals surface area contributed by atoms with Crippen molar-refractivity contribution in [1.29, 1.82) is 0 Å². The number of alkyl halides is 1. The van der Waals surface area contributed by atoms with Gasteiger partial charge in [0.25, 0.3) is 0 Å². The molecule has 3 aromatic heterocycles. The highest BCUT2D eigenvalue weighted by Gasteiger charge is 2.22. The van der Waals surface area contributed by atoms with Gasteiger partial charge in [0.2, 0.25) is 0 Å². The minimum atomic E-state index is -1.50. The number of pyridine rings is 1. The van der Waals surface area contributed by atoms with E-state index in [0.717, 1.165) is 5.56 Å². The first kappa shape index (κ1) is 16.9. The molecule has 4 rings (SSSR count). The zero-order valence-corrected chi connectivity index (χ0v) is 14.6. The summed E-state index contributed by atoms with van der Waals surface area (Å²) in [6.07, 6.45) is 1.69. The van der Waals surface area contributed by atoms with Gasteiger partial charge in [-0.05, 0) is 11.6 Å². The fourth-order valence-electron chi connectivity index (χ4n) is 2.86. The summed E-state index contributed by atoms with van der Waals surface area (Å²) in [5.41, 5.74) is 2.89. The third-order valence-electron chi connectivity index (χ3n) is 4.21. The number of aromatic nitrogens is 4. The van der Waals surface area contributed by atoms with Gasteiger partial charge < -0.3 is 9.15 Å². The monoisotopic (exact) mass is 366 g/mol. The molecule has 1 aromatic carbocycles. The van der Waals surface area contributed by atoms with E-state index < -0.39 is 12.1 Å². The molecule has 0 spiro atoms. The van der Waals surface area contributed by atoms with Crippen molar-refractivity contribution >= 4 is 17.1 Å². The van der Waals surface area contributed by atoms with Gasteiger partial charge >= 0.3 is 5.97 Å². The lowest BCUT2D eigenvalue weighted by Crippen LogP contribution is -2.06. The third-order valence-corrected chi connectivity index (χ3v) is 4.21. The molecule has 0 radical (unpaired) electrons. The highest BCUT2D eigenvalue weighted by Crippen LogP contribution is 2.33. The number of ether oxygens (including phenoxy) is 1. The van der Waals surface area contributed by atoms with Crippen LogP contribution >= 0.6 is 0 Å². The highest BCUT2D eigenvalue weighted by molar-refractivity contribution is 5.91. The molecule has 4 aromatic rings. The Hall–Kier alpha value is -3.55. The lowest BCUT2D eigenvalue weighted by atomic mass is 10.00. The molecule has 136 valence electrons. The molecule has 7 nitrogen and oxygen atoms in total. The van der Waals surface area contributed by atoms with E-state index in [1.54, 1.807) is 48.3 Å². The highest BCUT2D eigenvalue weighted by atomic mass is 19.1. The Morgan fingerprint density at radius 1 is 1.26 bits per heavy atom. The van der Waals surface area contributed by atoms with Crippen LogP contribution in [0, 0.1) is 0 Å². The van der Waals surface area contributed by atoms with E-state index in [-0.39, 0.29) is 11.3 Å². The second kappa shape index (κ2) is 6.64. The quantitative estimate of drug-likeness (QED) is 0.514. The number of nitrogens with zero attached hydrogens (tertiary/aromatic N) is 4. The van der Waals surface area contributed by atoms with Crippen LogP contribution in [0.25, 0.3) is 22.4 Å². The minimum absolute atomic E-state index is 0.0280. The van der Waals surface area contributed by atoms with Gasteiger partial charge in [-0.3, -0.25) is 4.68 Å². The molecular weight excluding hydrogens is 351 g/mol. The van der Waals surface area contributed by atoms with E-state index >= 15 is 4.39 Å². The molecule has 0 N–H and O–H groups in total. The fourth-order valence-corrected chi connectivity index (χ4v) is 2.86. The van der Waals surface area contributed by atoms with Crippen molar-refractivity contribution < 1.29 is 18.3 Å². The molecule has 3 heterocycles. The number of fused-ring (bicyclic) bond motifs is 1. The first-order chi connectivity index (χ1) is 13.1. The zero-order valence-electron chi connectivity index (χ0n) is 14.6. The molecule has 1 unspecified atom stereocenters. The summed E-state index contributed by atoms with van der Waals surface area (Å²) in [5.74, 6) is -0.635. The number of hydrogen-bond donors (Lipinski definition) is 0. The van der Waals surface area contributed by atoms with E-state index in [9.17, 15) is 4.79 Å². The number of methoxy groups -OCH3 is 1. The van der Waals surface area contributed by atoms with Gasteiger partial charge in [-0.1, -0.05) is 29.5 Å². The zero-order chi connectivity index (χ0) is 19.0. The average molecular weight is 366 g/mol. The topological polar surface area (TPSA) is 83.0 Å². The number of halogens is 1. The summed E-state index contributed by atoms with van der Waals surface area (Å²) < 4.78 is 27.0. The van der Waals surface area contributed by atoms with Crippen LogP contribution in [-0.4, -0.2) is 33.1 Å². The van der Waals surface area contributed by atoms with Crippen molar-refractivity contribution in [2.75, 3.05) is 7.11 Å². The van der Waals surface area contributed by atoms with Crippen molar-refractivity contribution in [3.63, 3.8) is 0 Å². The molecule has 0 fully saturated rings. The van der Waals surface area contributed by atoms with Gasteiger partial charge in [-0.25, -0.2) is 14.2 Å². The van der Waals surface area contributed by atoms with Crippen LogP contribution in [-0.2, 0) is 11.8 Å². The molecule has 0 aliphatic carbocycles. The van der Waals surface area contributed by atoms with Crippen molar-refractivity contribution in [2.24, 2.45) is 7.05 Å². The smallest absolute Gasteiger partial charge is 0.356 e. The summed E-state index contributed by atoms with van der Waals surface area (Å²) >= 11 is 0. The molecule has 0 bridgehead atoms. The van der Waals surface area contributed by atoms with Crippen molar-refractivity contribution in [3.8, 4) is 11.3 Å². The van der Waals surface area contributed by atoms with Crippen LogP contribution in [0.5, 0.6) is 0 Å². The Labute approximate surface area is 153 Å². The lowest BCUT2D eigenvalue weighted by molar-refractivity contribution is 0.0594. The maximum Gasteiger partial charge on any atom is 0.356 e. The normalized spacial score (nSPS) is 12.3. The predicted molar refractivity (Wildman–Crippen MR) is 94.7 cm³/mol. The van der Waals surface area contributed by atoms with E-state index in [0.29, 0.717) is 22.4 Å². The molecule has 0 amide bonds. The van der Waals surface area contributed by atoms with Crippen LogP contribution in [0.1, 0.15) is 27.8 Å². The SMILES string of the molecule is COC(=O)c1cc(C(F)c2ccc(-c3cn(C)nn3)cc2)c2occc2n1. The second-order valence-corrected chi connectivity index (χ2v) is 5.99. The maximum atomic E-state index is 15.3. The largest absolute Gasteiger partial charge is 0.464 e. The fraction of sp³-hybridized carbons (Fsp3) is 0.158. The number of hydrogen-bond acceptors (Lipinski definition) is 6. The van der Waals surface area contributed by atoms with Gasteiger partial charge in [0.1, 0.15) is 16.9 Å². The summed E-state index contributed by atoms with van der Waals surface area (Å²) in [5, 5.41) is 7.93. The summed E-state index contributed by atoms with van der Waals surface area (Å²) in [4.78, 5) is 16.0. The average Bonchev–Trinajstić information content (AvgIpc) is 3.35. The molecule has 0 saturated carbocycles. The van der Waals surface area contributed by atoms with Crippen LogP contribution in [0.3, 0.4) is 0 Å². The third kappa shape index (κ3) is 3.05. The summed E-state index contributed by atoms with van der Waals surface area (Å²) in [6, 6.07) is 9.82. The van der Waals surface area contributed by atoms with E-state index in [4.69, 9.17) is 9.15 Å². The maximum absolute atomic E-state index is 15.3. The van der Waals surface area contributed by atoms with E-state index in [2.05, 4.69) is 15.3 Å². The second-order valence-electron chi connectivity index (χ2n) is 5.99. The molecule has 27 heavy (non-hydrogen) atoms. The number of carbonyl (C=O) groups is 1. The lowest BCUT2D eigenvalue weighted by Gasteiger charge is -2.11. The first-order valence-electron chi connectivity index (χ1n) is 8.14. The molecule has 0 aliphatic rings. The molecule has 1 atom stereocenters. The van der Waals surface area contributed by atoms with Crippen molar-refractivity contribution in [3.05, 3.63) is 65.7 Å². The Balaban J connectivity index is 1.73. The Morgan fingerprint density at radius 3 is 2.70 bits per heavy atom. The Kier molecular flexibility index (Phi) is 4.15. The van der Waals surface area contributed by atoms with Gasteiger partial charge in [-0.2, -0.15) is 0 Å². The minimum Gasteiger partial charge on any atom is -0.464 e. The number of esters is 1. The van der Waals surface area contributed by atoms with Crippen LogP contribution in [0.4, 0.5) is 4.39 Å². The summed E-state index contributed by atoms with van der Waals surface area (Å²) in [7, 11) is 3.03.